The van der Waals surface area contributed by atoms with E-state index in [-0.39, 0.29) is 17.4 Å². The molecule has 0 aromatic heterocycles. The predicted molar refractivity (Wildman–Crippen MR) is 120 cm³/mol. The monoisotopic (exact) mass is 437 g/mol. The van der Waals surface area contributed by atoms with Gasteiger partial charge < -0.3 is 16.4 Å². The fraction of sp³-hybridized carbons (Fsp3) is 0.0870. The number of benzene rings is 3. The van der Waals surface area contributed by atoms with Crippen molar-refractivity contribution in [3.05, 3.63) is 89.7 Å². The number of nitrogens with two attached hydrogens (primary N) is 1. The van der Waals surface area contributed by atoms with Crippen LogP contribution in [0, 0.1) is 5.82 Å². The van der Waals surface area contributed by atoms with Gasteiger partial charge in [0, 0.05) is 16.1 Å². The van der Waals surface area contributed by atoms with Gasteiger partial charge in [0.2, 0.25) is 5.91 Å². The Morgan fingerprint density at radius 3 is 2.35 bits per heavy atom. The molecule has 3 amide bonds. The lowest BCUT2D eigenvalue weighted by Crippen LogP contribution is -2.24. The third kappa shape index (κ3) is 5.93. The SMILES string of the molecule is CC(Sc1cccc(NC(=O)c2ccc(F)cc2)c1)C(=O)Nc1ccccc1C(N)=O. The number of hydrogen-bond acceptors (Lipinski definition) is 4. The van der Waals surface area contributed by atoms with Crippen LogP contribution in [0.2, 0.25) is 0 Å². The largest absolute Gasteiger partial charge is 0.366 e. The summed E-state index contributed by atoms with van der Waals surface area (Å²) in [6.07, 6.45) is 0. The summed E-state index contributed by atoms with van der Waals surface area (Å²) in [7, 11) is 0. The zero-order chi connectivity index (χ0) is 22.4. The molecule has 1 atom stereocenters. The molecule has 6 nitrogen and oxygen atoms in total. The minimum atomic E-state index is -0.624. The number of carbonyl (C=O) groups excluding carboxylic acids is 3. The van der Waals surface area contributed by atoms with Crippen molar-refractivity contribution in [3.8, 4) is 0 Å². The number of hydrogen-bond donors (Lipinski definition) is 3. The highest BCUT2D eigenvalue weighted by Gasteiger charge is 2.17. The van der Waals surface area contributed by atoms with Gasteiger partial charge >= 0.3 is 0 Å². The number of thioether (sulfide) groups is 1. The Balaban J connectivity index is 1.65. The van der Waals surface area contributed by atoms with Crippen LogP contribution in [-0.2, 0) is 4.79 Å². The molecule has 0 saturated carbocycles. The first-order chi connectivity index (χ1) is 14.8. The van der Waals surface area contributed by atoms with Crippen LogP contribution in [0.1, 0.15) is 27.6 Å². The Bertz CT molecular complexity index is 1120. The lowest BCUT2D eigenvalue weighted by molar-refractivity contribution is -0.115. The van der Waals surface area contributed by atoms with Crippen molar-refractivity contribution in [2.45, 2.75) is 17.1 Å². The standard InChI is InChI=1S/C23H20FN3O3S/c1-14(22(29)27-20-8-3-2-7-19(20)21(25)28)31-18-6-4-5-17(13-18)26-23(30)15-9-11-16(24)12-10-15/h2-14H,1H3,(H2,25,28)(H,26,30)(H,27,29). The van der Waals surface area contributed by atoms with E-state index in [9.17, 15) is 18.8 Å². The summed E-state index contributed by atoms with van der Waals surface area (Å²) >= 11 is 1.30. The van der Waals surface area contributed by atoms with E-state index in [2.05, 4.69) is 10.6 Å². The van der Waals surface area contributed by atoms with Gasteiger partial charge in [-0.2, -0.15) is 0 Å². The summed E-state index contributed by atoms with van der Waals surface area (Å²) < 4.78 is 13.0. The van der Waals surface area contributed by atoms with Gasteiger partial charge in [-0.15, -0.1) is 11.8 Å². The first kappa shape index (κ1) is 22.0. The highest BCUT2D eigenvalue weighted by atomic mass is 32.2. The quantitative estimate of drug-likeness (QED) is 0.480. The van der Waals surface area contributed by atoms with Crippen LogP contribution in [0.5, 0.6) is 0 Å². The number of halogens is 1. The van der Waals surface area contributed by atoms with Gasteiger partial charge in [-0.25, -0.2) is 4.39 Å². The van der Waals surface area contributed by atoms with Gasteiger partial charge in [0.15, 0.2) is 0 Å². The molecular formula is C23H20FN3O3S. The molecule has 8 heteroatoms. The Labute approximate surface area is 183 Å². The summed E-state index contributed by atoms with van der Waals surface area (Å²) in [4.78, 5) is 37.2. The third-order valence-electron chi connectivity index (χ3n) is 4.33. The second-order valence-electron chi connectivity index (χ2n) is 6.65. The first-order valence-electron chi connectivity index (χ1n) is 9.37. The molecule has 0 aliphatic heterocycles. The Hall–Kier alpha value is -3.65. The minimum absolute atomic E-state index is 0.235. The van der Waals surface area contributed by atoms with E-state index >= 15 is 0 Å². The number of primary amides is 1. The molecule has 0 radical (unpaired) electrons. The fourth-order valence-corrected chi connectivity index (χ4v) is 3.68. The van der Waals surface area contributed by atoms with Crippen LogP contribution in [-0.4, -0.2) is 23.0 Å². The van der Waals surface area contributed by atoms with Crippen molar-refractivity contribution >= 4 is 40.9 Å². The average Bonchev–Trinajstić information content (AvgIpc) is 2.74. The maximum atomic E-state index is 13.0. The van der Waals surface area contributed by atoms with Crippen LogP contribution < -0.4 is 16.4 Å². The maximum Gasteiger partial charge on any atom is 0.255 e. The molecule has 0 saturated heterocycles. The second-order valence-corrected chi connectivity index (χ2v) is 8.06. The van der Waals surface area contributed by atoms with Crippen molar-refractivity contribution < 1.29 is 18.8 Å². The van der Waals surface area contributed by atoms with Gasteiger partial charge in [0.05, 0.1) is 16.5 Å². The summed E-state index contributed by atoms with van der Waals surface area (Å²) in [5, 5.41) is 5.00. The van der Waals surface area contributed by atoms with Gasteiger partial charge in [-0.05, 0) is 61.5 Å². The van der Waals surface area contributed by atoms with Crippen molar-refractivity contribution in [1.29, 1.82) is 0 Å². The Morgan fingerprint density at radius 2 is 1.65 bits per heavy atom. The van der Waals surface area contributed by atoms with Crippen molar-refractivity contribution in [2.24, 2.45) is 5.73 Å². The number of carbonyl (C=O) groups is 3. The van der Waals surface area contributed by atoms with Gasteiger partial charge in [-0.3, -0.25) is 14.4 Å². The van der Waals surface area contributed by atoms with Crippen LogP contribution in [0.4, 0.5) is 15.8 Å². The summed E-state index contributed by atoms with van der Waals surface area (Å²) in [6.45, 7) is 1.73. The van der Waals surface area contributed by atoms with Crippen LogP contribution in [0.15, 0.2) is 77.7 Å². The molecule has 0 aliphatic rings. The maximum absolute atomic E-state index is 13.0. The number of rotatable bonds is 7. The van der Waals surface area contributed by atoms with E-state index in [0.29, 0.717) is 16.9 Å². The first-order valence-corrected chi connectivity index (χ1v) is 10.2. The number of amides is 3. The predicted octanol–water partition coefficient (Wildman–Crippen LogP) is 4.30. The zero-order valence-electron chi connectivity index (χ0n) is 16.6. The van der Waals surface area contributed by atoms with E-state index in [1.807, 2.05) is 6.07 Å². The molecule has 4 N–H and O–H groups in total. The molecule has 0 fully saturated rings. The summed E-state index contributed by atoms with van der Waals surface area (Å²) in [5.41, 5.74) is 6.82. The molecule has 3 aromatic rings. The van der Waals surface area contributed by atoms with Gasteiger partial charge in [-0.1, -0.05) is 18.2 Å². The number of anilines is 2. The lowest BCUT2D eigenvalue weighted by atomic mass is 10.1. The van der Waals surface area contributed by atoms with E-state index in [0.717, 1.165) is 4.90 Å². The second kappa shape index (κ2) is 9.90. The Morgan fingerprint density at radius 1 is 0.935 bits per heavy atom. The van der Waals surface area contributed by atoms with Gasteiger partial charge in [0.25, 0.3) is 11.8 Å². The molecule has 1 unspecified atom stereocenters. The molecule has 158 valence electrons. The van der Waals surface area contributed by atoms with E-state index in [1.165, 1.54) is 36.0 Å². The molecule has 0 bridgehead atoms. The minimum Gasteiger partial charge on any atom is -0.366 e. The van der Waals surface area contributed by atoms with Crippen LogP contribution in [0.3, 0.4) is 0 Å². The van der Waals surface area contributed by atoms with Crippen LogP contribution >= 0.6 is 11.8 Å². The number of para-hydroxylation sites is 1. The molecular weight excluding hydrogens is 417 g/mol. The van der Waals surface area contributed by atoms with E-state index in [1.54, 1.807) is 49.4 Å². The third-order valence-corrected chi connectivity index (χ3v) is 5.42. The van der Waals surface area contributed by atoms with Gasteiger partial charge in [0.1, 0.15) is 5.82 Å². The fourth-order valence-electron chi connectivity index (χ4n) is 2.75. The molecule has 31 heavy (non-hydrogen) atoms. The lowest BCUT2D eigenvalue weighted by Gasteiger charge is -2.14. The van der Waals surface area contributed by atoms with E-state index in [4.69, 9.17) is 5.73 Å². The molecule has 0 spiro atoms. The van der Waals surface area contributed by atoms with Crippen molar-refractivity contribution in [3.63, 3.8) is 0 Å². The van der Waals surface area contributed by atoms with Crippen LogP contribution in [0.25, 0.3) is 0 Å². The average molecular weight is 437 g/mol. The summed E-state index contributed by atoms with van der Waals surface area (Å²) in [5.74, 6) is -1.70. The molecule has 0 aliphatic carbocycles. The molecule has 0 heterocycles. The van der Waals surface area contributed by atoms with Crippen molar-refractivity contribution in [1.82, 2.24) is 0 Å². The highest BCUT2D eigenvalue weighted by molar-refractivity contribution is 8.00. The zero-order valence-corrected chi connectivity index (χ0v) is 17.4. The van der Waals surface area contributed by atoms with Crippen molar-refractivity contribution in [2.75, 3.05) is 10.6 Å². The summed E-state index contributed by atoms with van der Waals surface area (Å²) in [6, 6.07) is 18.8. The normalized spacial score (nSPS) is 11.4. The topological polar surface area (TPSA) is 101 Å². The molecule has 3 rings (SSSR count). The Kier molecular flexibility index (Phi) is 7.04. The highest BCUT2D eigenvalue weighted by Crippen LogP contribution is 2.27. The smallest absolute Gasteiger partial charge is 0.255 e. The number of nitrogens with one attached hydrogen (secondary N) is 2. The molecule has 3 aromatic carbocycles. The van der Waals surface area contributed by atoms with E-state index < -0.39 is 17.0 Å².